The largest absolute Gasteiger partial charge is 0.337 e. The van der Waals surface area contributed by atoms with E-state index in [1.165, 1.54) is 6.07 Å². The van der Waals surface area contributed by atoms with Crippen LogP contribution in [0.2, 0.25) is 0 Å². The molecule has 4 rings (SSSR count). The lowest BCUT2D eigenvalue weighted by atomic mass is 9.96. The third-order valence-electron chi connectivity index (χ3n) is 5.22. The van der Waals surface area contributed by atoms with Gasteiger partial charge in [0.25, 0.3) is 5.91 Å². The second kappa shape index (κ2) is 7.10. The number of hydrogen-bond acceptors (Lipinski definition) is 3. The van der Waals surface area contributed by atoms with E-state index in [-0.39, 0.29) is 17.3 Å². The van der Waals surface area contributed by atoms with Crippen molar-refractivity contribution in [3.63, 3.8) is 0 Å². The molecule has 0 bridgehead atoms. The number of benzene rings is 1. The summed E-state index contributed by atoms with van der Waals surface area (Å²) >= 11 is 0. The molecule has 0 aliphatic carbocycles. The van der Waals surface area contributed by atoms with Crippen LogP contribution in [0.15, 0.2) is 42.7 Å². The molecule has 6 heteroatoms. The first-order chi connectivity index (χ1) is 13.0. The molecule has 1 fully saturated rings. The molecule has 1 unspecified atom stereocenters. The first-order valence-electron chi connectivity index (χ1n) is 9.42. The molecule has 0 saturated carbocycles. The molecule has 1 saturated heterocycles. The first kappa shape index (κ1) is 17.6. The molecular formula is C21H23FN4O. The van der Waals surface area contributed by atoms with Crippen molar-refractivity contribution < 1.29 is 9.18 Å². The summed E-state index contributed by atoms with van der Waals surface area (Å²) in [4.78, 5) is 23.7. The summed E-state index contributed by atoms with van der Waals surface area (Å²) in [6.07, 6.45) is 5.74. The van der Waals surface area contributed by atoms with Gasteiger partial charge in [-0.05, 0) is 38.8 Å². The highest BCUT2D eigenvalue weighted by molar-refractivity contribution is 5.95. The maximum Gasteiger partial charge on any atom is 0.272 e. The number of likely N-dealkylation sites (tertiary alicyclic amines) is 1. The zero-order valence-electron chi connectivity index (χ0n) is 15.6. The molecule has 3 heterocycles. The molecule has 1 atom stereocenters. The van der Waals surface area contributed by atoms with Gasteiger partial charge in [0.05, 0.1) is 0 Å². The van der Waals surface area contributed by atoms with Gasteiger partial charge >= 0.3 is 0 Å². The maximum atomic E-state index is 14.0. The molecule has 1 aliphatic rings. The van der Waals surface area contributed by atoms with E-state index in [1.807, 2.05) is 17.3 Å². The normalized spacial score (nSPS) is 17.6. The predicted octanol–water partition coefficient (Wildman–Crippen LogP) is 4.17. The average molecular weight is 366 g/mol. The summed E-state index contributed by atoms with van der Waals surface area (Å²) in [5.41, 5.74) is 0.535. The van der Waals surface area contributed by atoms with Crippen molar-refractivity contribution in [2.24, 2.45) is 0 Å². The number of rotatable bonds is 3. The first-order valence-corrected chi connectivity index (χ1v) is 9.42. The van der Waals surface area contributed by atoms with E-state index in [0.717, 1.165) is 18.7 Å². The van der Waals surface area contributed by atoms with Crippen LogP contribution in [0.5, 0.6) is 0 Å². The highest BCUT2D eigenvalue weighted by Gasteiger charge is 2.29. The van der Waals surface area contributed by atoms with Crippen LogP contribution in [-0.4, -0.2) is 38.4 Å². The molecule has 0 N–H and O–H groups in total. The third kappa shape index (κ3) is 3.31. The van der Waals surface area contributed by atoms with Gasteiger partial charge in [-0.1, -0.05) is 18.2 Å². The van der Waals surface area contributed by atoms with Crippen LogP contribution < -0.4 is 0 Å². The van der Waals surface area contributed by atoms with Gasteiger partial charge in [-0.3, -0.25) is 4.79 Å². The molecule has 0 spiro atoms. The summed E-state index contributed by atoms with van der Waals surface area (Å²) in [6, 6.07) is 8.58. The van der Waals surface area contributed by atoms with E-state index < -0.39 is 5.82 Å². The Morgan fingerprint density at radius 2 is 2.11 bits per heavy atom. The molecule has 140 valence electrons. The van der Waals surface area contributed by atoms with Crippen LogP contribution in [0.25, 0.3) is 10.9 Å². The van der Waals surface area contributed by atoms with Crippen molar-refractivity contribution in [2.45, 2.75) is 38.6 Å². The van der Waals surface area contributed by atoms with Crippen LogP contribution in [0.1, 0.15) is 55.0 Å². The molecule has 3 aromatic rings. The Balaban J connectivity index is 1.59. The van der Waals surface area contributed by atoms with E-state index >= 15 is 0 Å². The number of carbonyl (C=O) groups is 1. The lowest BCUT2D eigenvalue weighted by Crippen LogP contribution is -2.40. The van der Waals surface area contributed by atoms with Crippen LogP contribution in [-0.2, 0) is 0 Å². The van der Waals surface area contributed by atoms with Crippen molar-refractivity contribution in [1.29, 1.82) is 0 Å². The fourth-order valence-electron chi connectivity index (χ4n) is 3.84. The molecule has 5 nitrogen and oxygen atoms in total. The highest BCUT2D eigenvalue weighted by Crippen LogP contribution is 2.28. The number of pyridine rings is 1. The fourth-order valence-corrected chi connectivity index (χ4v) is 3.84. The molecule has 0 radical (unpaired) electrons. The number of amides is 1. The van der Waals surface area contributed by atoms with Crippen LogP contribution in [0.4, 0.5) is 4.39 Å². The molecule has 1 aliphatic heterocycles. The summed E-state index contributed by atoms with van der Waals surface area (Å²) < 4.78 is 16.2. The lowest BCUT2D eigenvalue weighted by Gasteiger charge is -2.33. The monoisotopic (exact) mass is 366 g/mol. The molecule has 1 amide bonds. The van der Waals surface area contributed by atoms with E-state index in [2.05, 4.69) is 28.4 Å². The van der Waals surface area contributed by atoms with Crippen LogP contribution in [0, 0.1) is 5.82 Å². The fraction of sp³-hybridized carbons (Fsp3) is 0.381. The zero-order valence-corrected chi connectivity index (χ0v) is 15.6. The number of carbonyl (C=O) groups excluding carboxylic acids is 1. The van der Waals surface area contributed by atoms with E-state index in [4.69, 9.17) is 0 Å². The average Bonchev–Trinajstić information content (AvgIpc) is 3.18. The van der Waals surface area contributed by atoms with Gasteiger partial charge in [0.1, 0.15) is 22.9 Å². The number of aromatic nitrogens is 3. The van der Waals surface area contributed by atoms with Crippen molar-refractivity contribution in [3.05, 3.63) is 60.1 Å². The number of imidazole rings is 1. The second-order valence-electron chi connectivity index (χ2n) is 7.38. The van der Waals surface area contributed by atoms with Gasteiger partial charge in [-0.25, -0.2) is 14.4 Å². The molecule has 1 aromatic carbocycles. The zero-order chi connectivity index (χ0) is 19.0. The van der Waals surface area contributed by atoms with Gasteiger partial charge in [0.2, 0.25) is 0 Å². The minimum atomic E-state index is -0.405. The summed E-state index contributed by atoms with van der Waals surface area (Å²) in [5, 5.41) is 0.696. The van der Waals surface area contributed by atoms with Crippen LogP contribution in [0.3, 0.4) is 0 Å². The third-order valence-corrected chi connectivity index (χ3v) is 5.22. The minimum Gasteiger partial charge on any atom is -0.337 e. The Hall–Kier alpha value is -2.76. The Bertz CT molecular complexity index is 981. The number of piperidine rings is 1. The number of hydrogen-bond donors (Lipinski definition) is 0. The lowest BCUT2D eigenvalue weighted by molar-refractivity contribution is 0.0697. The smallest absolute Gasteiger partial charge is 0.272 e. The van der Waals surface area contributed by atoms with E-state index in [0.29, 0.717) is 30.2 Å². The summed E-state index contributed by atoms with van der Waals surface area (Å²) in [5.74, 6) is 0.683. The van der Waals surface area contributed by atoms with Crippen molar-refractivity contribution in [2.75, 3.05) is 13.1 Å². The van der Waals surface area contributed by atoms with Gasteiger partial charge in [0, 0.05) is 42.8 Å². The standard InChI is InChI=1S/C21H23FN4O/c1-14(2)26-12-10-23-20(26)16-6-4-11-25(13-16)21(27)18-9-8-15-5-3-7-17(22)19(15)24-18/h3,5,7-10,12,14,16H,4,6,11,13H2,1-2H3. The topological polar surface area (TPSA) is 51.0 Å². The molecule has 27 heavy (non-hydrogen) atoms. The quantitative estimate of drug-likeness (QED) is 0.699. The number of nitrogens with zero attached hydrogens (tertiary/aromatic N) is 4. The van der Waals surface area contributed by atoms with Crippen molar-refractivity contribution in [1.82, 2.24) is 19.4 Å². The Kier molecular flexibility index (Phi) is 4.64. The minimum absolute atomic E-state index is 0.146. The predicted molar refractivity (Wildman–Crippen MR) is 102 cm³/mol. The van der Waals surface area contributed by atoms with Gasteiger partial charge in [-0.2, -0.15) is 0 Å². The van der Waals surface area contributed by atoms with E-state index in [1.54, 1.807) is 24.3 Å². The SMILES string of the molecule is CC(C)n1ccnc1C1CCCN(C(=O)c2ccc3cccc(F)c3n2)C1. The van der Waals surface area contributed by atoms with Crippen molar-refractivity contribution in [3.8, 4) is 0 Å². The van der Waals surface area contributed by atoms with Crippen molar-refractivity contribution >= 4 is 16.8 Å². The van der Waals surface area contributed by atoms with E-state index in [9.17, 15) is 9.18 Å². The summed E-state index contributed by atoms with van der Waals surface area (Å²) in [7, 11) is 0. The summed E-state index contributed by atoms with van der Waals surface area (Å²) in [6.45, 7) is 5.56. The second-order valence-corrected chi connectivity index (χ2v) is 7.38. The van der Waals surface area contributed by atoms with Crippen LogP contribution >= 0.6 is 0 Å². The Labute approximate surface area is 157 Å². The number of halogens is 1. The van der Waals surface area contributed by atoms with Gasteiger partial charge < -0.3 is 9.47 Å². The molecule has 2 aromatic heterocycles. The maximum absolute atomic E-state index is 14.0. The number of para-hydroxylation sites is 1. The number of fused-ring (bicyclic) bond motifs is 1. The molecular weight excluding hydrogens is 343 g/mol. The Morgan fingerprint density at radius 1 is 1.26 bits per heavy atom. The Morgan fingerprint density at radius 3 is 2.93 bits per heavy atom. The van der Waals surface area contributed by atoms with Gasteiger partial charge in [-0.15, -0.1) is 0 Å². The van der Waals surface area contributed by atoms with Gasteiger partial charge in [0.15, 0.2) is 0 Å². The highest BCUT2D eigenvalue weighted by atomic mass is 19.1.